The Hall–Kier alpha value is -3.11. The third kappa shape index (κ3) is 4.19. The molecule has 1 heterocycles. The van der Waals surface area contributed by atoms with Gasteiger partial charge in [-0.2, -0.15) is 0 Å². The molecule has 0 saturated heterocycles. The van der Waals surface area contributed by atoms with Gasteiger partial charge in [0.2, 0.25) is 5.91 Å². The number of carbonyl (C=O) groups is 1. The zero-order chi connectivity index (χ0) is 15.8. The van der Waals surface area contributed by atoms with E-state index in [2.05, 4.69) is 17.2 Å². The average Bonchev–Trinajstić information content (AvgIpc) is 3.05. The second kappa shape index (κ2) is 7.61. The van der Waals surface area contributed by atoms with Gasteiger partial charge in [-0.1, -0.05) is 17.9 Å². The maximum atomic E-state index is 11.9. The van der Waals surface area contributed by atoms with E-state index in [1.165, 1.54) is 0 Å². The Morgan fingerprint density at radius 3 is 2.82 bits per heavy atom. The number of furan rings is 1. The summed E-state index contributed by atoms with van der Waals surface area (Å²) < 4.78 is 5.36. The minimum Gasteiger partial charge on any atom is -0.467 e. The summed E-state index contributed by atoms with van der Waals surface area (Å²) in [7, 11) is 0. The first-order valence-corrected chi connectivity index (χ1v) is 6.77. The first kappa shape index (κ1) is 15.3. The van der Waals surface area contributed by atoms with Crippen molar-refractivity contribution in [3.05, 3.63) is 54.0 Å². The lowest BCUT2D eigenvalue weighted by Gasteiger charge is -2.23. The van der Waals surface area contributed by atoms with E-state index in [-0.39, 0.29) is 19.0 Å². The quantitative estimate of drug-likeness (QED) is 0.829. The van der Waals surface area contributed by atoms with Gasteiger partial charge in [-0.05, 0) is 30.3 Å². The van der Waals surface area contributed by atoms with Gasteiger partial charge in [0.25, 0.3) is 0 Å². The molecule has 1 aromatic carbocycles. The second-order valence-electron chi connectivity index (χ2n) is 4.61. The zero-order valence-corrected chi connectivity index (χ0v) is 12.1. The molecule has 0 unspecified atom stereocenters. The number of amides is 1. The van der Waals surface area contributed by atoms with E-state index in [0.717, 1.165) is 17.0 Å². The van der Waals surface area contributed by atoms with E-state index in [4.69, 9.17) is 17.3 Å². The van der Waals surface area contributed by atoms with E-state index in [1.54, 1.807) is 6.26 Å². The van der Waals surface area contributed by atoms with Gasteiger partial charge in [-0.25, -0.2) is 0 Å². The highest BCUT2D eigenvalue weighted by atomic mass is 16.3. The Morgan fingerprint density at radius 1 is 1.27 bits per heavy atom. The molecule has 1 N–H and O–H groups in total. The molecule has 22 heavy (non-hydrogen) atoms. The van der Waals surface area contributed by atoms with Crippen LogP contribution in [0.3, 0.4) is 0 Å². The summed E-state index contributed by atoms with van der Waals surface area (Å²) in [5.41, 5.74) is 1.61. The highest BCUT2D eigenvalue weighted by Crippen LogP contribution is 2.18. The van der Waals surface area contributed by atoms with Crippen LogP contribution >= 0.6 is 0 Å². The molecule has 2 rings (SSSR count). The Balaban J connectivity index is 2.19. The molecule has 110 valence electrons. The Labute approximate surface area is 130 Å². The number of nitrogens with one attached hydrogen (secondary N) is 1. The number of anilines is 1. The van der Waals surface area contributed by atoms with Crippen LogP contribution in [0.25, 0.3) is 0 Å². The molecule has 1 amide bonds. The van der Waals surface area contributed by atoms with Crippen LogP contribution in [-0.2, 0) is 11.3 Å². The molecule has 0 bridgehead atoms. The molecule has 0 aliphatic carbocycles. The monoisotopic (exact) mass is 292 g/mol. The maximum Gasteiger partial charge on any atom is 0.240 e. The van der Waals surface area contributed by atoms with Gasteiger partial charge in [0.15, 0.2) is 0 Å². The van der Waals surface area contributed by atoms with Crippen molar-refractivity contribution < 1.29 is 9.21 Å². The number of nitrogens with zero attached hydrogens (tertiary/aromatic N) is 1. The fraction of sp³-hybridized carbons (Fsp3) is 0.167. The topological polar surface area (TPSA) is 45.5 Å². The van der Waals surface area contributed by atoms with Crippen LogP contribution in [0.2, 0.25) is 0 Å². The van der Waals surface area contributed by atoms with Gasteiger partial charge in [0.1, 0.15) is 5.76 Å². The lowest BCUT2D eigenvalue weighted by molar-refractivity contribution is -0.119. The second-order valence-corrected chi connectivity index (χ2v) is 4.61. The van der Waals surface area contributed by atoms with Crippen LogP contribution in [0.1, 0.15) is 11.3 Å². The Kier molecular flexibility index (Phi) is 5.29. The molecule has 0 aliphatic rings. The summed E-state index contributed by atoms with van der Waals surface area (Å²) in [5.74, 6) is 5.57. The minimum absolute atomic E-state index is 0.157. The summed E-state index contributed by atoms with van der Waals surface area (Å²) in [6, 6.07) is 11.1. The zero-order valence-electron chi connectivity index (χ0n) is 12.1. The van der Waals surface area contributed by atoms with Gasteiger partial charge < -0.3 is 14.6 Å². The van der Waals surface area contributed by atoms with Gasteiger partial charge >= 0.3 is 0 Å². The largest absolute Gasteiger partial charge is 0.467 e. The minimum atomic E-state index is -0.157. The first-order chi connectivity index (χ1) is 10.7. The summed E-state index contributed by atoms with van der Waals surface area (Å²) in [6.07, 6.45) is 12.2. The highest BCUT2D eigenvalue weighted by Gasteiger charge is 2.13. The van der Waals surface area contributed by atoms with Gasteiger partial charge in [0.05, 0.1) is 25.9 Å². The Morgan fingerprint density at radius 2 is 2.14 bits per heavy atom. The van der Waals surface area contributed by atoms with Crippen LogP contribution in [0, 0.1) is 24.7 Å². The van der Waals surface area contributed by atoms with Crippen molar-refractivity contribution in [3.8, 4) is 24.7 Å². The van der Waals surface area contributed by atoms with Crippen molar-refractivity contribution >= 4 is 11.6 Å². The molecular formula is C18H16N2O2. The predicted molar refractivity (Wildman–Crippen MR) is 86.0 cm³/mol. The molecule has 0 atom stereocenters. The molecule has 0 fully saturated rings. The number of hydrogen-bond donors (Lipinski definition) is 1. The number of hydrogen-bond acceptors (Lipinski definition) is 3. The molecule has 0 spiro atoms. The fourth-order valence-corrected chi connectivity index (χ4v) is 2.00. The summed E-state index contributed by atoms with van der Waals surface area (Å²) >= 11 is 0. The van der Waals surface area contributed by atoms with E-state index in [0.29, 0.717) is 6.54 Å². The lowest BCUT2D eigenvalue weighted by atomic mass is 10.2. The van der Waals surface area contributed by atoms with Crippen LogP contribution in [0.4, 0.5) is 5.69 Å². The summed E-state index contributed by atoms with van der Waals surface area (Å²) in [5, 5.41) is 2.65. The Bertz CT molecular complexity index is 705. The first-order valence-electron chi connectivity index (χ1n) is 6.77. The molecule has 1 aromatic heterocycles. The van der Waals surface area contributed by atoms with Crippen LogP contribution in [-0.4, -0.2) is 19.0 Å². The average molecular weight is 292 g/mol. The van der Waals surface area contributed by atoms with Crippen molar-refractivity contribution in [1.82, 2.24) is 5.32 Å². The number of terminal acetylenes is 2. The van der Waals surface area contributed by atoms with E-state index < -0.39 is 0 Å². The van der Waals surface area contributed by atoms with Crippen LogP contribution < -0.4 is 10.2 Å². The van der Waals surface area contributed by atoms with E-state index in [9.17, 15) is 4.79 Å². The van der Waals surface area contributed by atoms with Crippen molar-refractivity contribution in [1.29, 1.82) is 0 Å². The van der Waals surface area contributed by atoms with Crippen LogP contribution in [0.15, 0.2) is 47.1 Å². The SMILES string of the molecule is C#CCNC(=O)CN(Cc1ccco1)c1cccc(C#C)c1. The summed E-state index contributed by atoms with van der Waals surface area (Å²) in [6.45, 7) is 0.832. The molecule has 0 radical (unpaired) electrons. The van der Waals surface area contributed by atoms with Crippen LogP contribution in [0.5, 0.6) is 0 Å². The molecule has 2 aromatic rings. The normalized spacial score (nSPS) is 9.55. The fourth-order valence-electron chi connectivity index (χ4n) is 2.00. The van der Waals surface area contributed by atoms with Crippen molar-refractivity contribution in [2.75, 3.05) is 18.0 Å². The number of benzene rings is 1. The van der Waals surface area contributed by atoms with E-state index >= 15 is 0 Å². The van der Waals surface area contributed by atoms with Gasteiger partial charge in [-0.3, -0.25) is 4.79 Å². The highest BCUT2D eigenvalue weighted by molar-refractivity contribution is 5.81. The number of rotatable bonds is 6. The standard InChI is InChI=1S/C18H16N2O2/c1-3-10-19-18(21)14-20(13-17-9-6-11-22-17)16-8-5-7-15(4-2)12-16/h1-2,5-9,11-12H,10,13-14H2,(H,19,21). The third-order valence-corrected chi connectivity index (χ3v) is 3.03. The van der Waals surface area contributed by atoms with Crippen molar-refractivity contribution in [2.24, 2.45) is 0 Å². The molecule has 0 saturated carbocycles. The molecule has 4 nitrogen and oxygen atoms in total. The predicted octanol–water partition coefficient (Wildman–Crippen LogP) is 2.02. The smallest absolute Gasteiger partial charge is 0.240 e. The van der Waals surface area contributed by atoms with E-state index in [1.807, 2.05) is 41.3 Å². The molecule has 4 heteroatoms. The third-order valence-electron chi connectivity index (χ3n) is 3.03. The van der Waals surface area contributed by atoms with Crippen molar-refractivity contribution in [2.45, 2.75) is 6.54 Å². The van der Waals surface area contributed by atoms with Gasteiger partial charge in [-0.15, -0.1) is 12.8 Å². The summed E-state index contributed by atoms with van der Waals surface area (Å²) in [4.78, 5) is 13.8. The van der Waals surface area contributed by atoms with Crippen molar-refractivity contribution in [3.63, 3.8) is 0 Å². The molecule has 0 aliphatic heterocycles. The molecular weight excluding hydrogens is 276 g/mol. The van der Waals surface area contributed by atoms with Gasteiger partial charge in [0, 0.05) is 11.3 Å². The lowest BCUT2D eigenvalue weighted by Crippen LogP contribution is -2.37. The maximum absolute atomic E-state index is 11.9. The number of carbonyl (C=O) groups excluding carboxylic acids is 1.